The Kier molecular flexibility index (Phi) is 3.75. The smallest absolute Gasteiger partial charge is 0.195 e. The number of benzene rings is 2. The van der Waals surface area contributed by atoms with Crippen molar-refractivity contribution in [3.05, 3.63) is 83.1 Å². The number of pyridine rings is 1. The molecule has 4 nitrogen and oxygen atoms in total. The first-order chi connectivity index (χ1) is 12.1. The normalized spacial score (nSPS) is 10.9. The molecule has 2 aromatic carbocycles. The van der Waals surface area contributed by atoms with Crippen LogP contribution in [0.3, 0.4) is 0 Å². The molecule has 0 radical (unpaired) electrons. The average molecular weight is 348 g/mol. The Balaban J connectivity index is 1.81. The highest BCUT2D eigenvalue weighted by molar-refractivity contribution is 6.30. The van der Waals surface area contributed by atoms with Crippen molar-refractivity contribution >= 4 is 34.1 Å². The van der Waals surface area contributed by atoms with Crippen molar-refractivity contribution in [3.8, 4) is 11.1 Å². The number of halogens is 1. The first-order valence-electron chi connectivity index (χ1n) is 7.75. The van der Waals surface area contributed by atoms with Gasteiger partial charge in [0.05, 0.1) is 0 Å². The van der Waals surface area contributed by atoms with Crippen LogP contribution in [0.1, 0.15) is 15.9 Å². The van der Waals surface area contributed by atoms with Gasteiger partial charge in [0.2, 0.25) is 0 Å². The van der Waals surface area contributed by atoms with Gasteiger partial charge in [-0.3, -0.25) is 4.79 Å². The molecule has 5 heteroatoms. The zero-order chi connectivity index (χ0) is 17.4. The van der Waals surface area contributed by atoms with E-state index in [1.807, 2.05) is 30.3 Å². The van der Waals surface area contributed by atoms with E-state index in [9.17, 15) is 4.79 Å². The summed E-state index contributed by atoms with van der Waals surface area (Å²) in [7, 11) is 0. The minimum absolute atomic E-state index is 0.0746. The number of carbonyl (C=O) groups excluding carboxylic acids is 1. The zero-order valence-corrected chi connectivity index (χ0v) is 13.9. The number of hydrogen-bond donors (Lipinski definition) is 2. The van der Waals surface area contributed by atoms with Crippen molar-refractivity contribution in [1.82, 2.24) is 9.97 Å². The summed E-state index contributed by atoms with van der Waals surface area (Å²) in [5.41, 5.74) is 10.2. The van der Waals surface area contributed by atoms with Gasteiger partial charge in [0.1, 0.15) is 5.65 Å². The molecule has 0 spiro atoms. The summed E-state index contributed by atoms with van der Waals surface area (Å²) in [6, 6.07) is 16.4. The fourth-order valence-electron chi connectivity index (χ4n) is 2.82. The predicted molar refractivity (Wildman–Crippen MR) is 101 cm³/mol. The lowest BCUT2D eigenvalue weighted by atomic mass is 10.0. The van der Waals surface area contributed by atoms with Crippen LogP contribution in [0.2, 0.25) is 5.02 Å². The lowest BCUT2D eigenvalue weighted by molar-refractivity contribution is 0.104. The number of hydrogen-bond acceptors (Lipinski definition) is 3. The second-order valence-electron chi connectivity index (χ2n) is 5.78. The molecule has 0 atom stereocenters. The van der Waals surface area contributed by atoms with Gasteiger partial charge in [-0.15, -0.1) is 0 Å². The maximum atomic E-state index is 12.8. The van der Waals surface area contributed by atoms with Crippen molar-refractivity contribution < 1.29 is 4.79 Å². The number of nitrogens with one attached hydrogen (secondary N) is 1. The summed E-state index contributed by atoms with van der Waals surface area (Å²) in [6.07, 6.45) is 3.46. The maximum Gasteiger partial charge on any atom is 0.195 e. The Morgan fingerprint density at radius 3 is 2.60 bits per heavy atom. The first-order valence-corrected chi connectivity index (χ1v) is 8.13. The number of rotatable bonds is 3. The summed E-state index contributed by atoms with van der Waals surface area (Å²) in [6.45, 7) is 0. The van der Waals surface area contributed by atoms with Crippen LogP contribution in [0.4, 0.5) is 5.69 Å². The number of nitrogens with zero attached hydrogens (tertiary/aromatic N) is 1. The van der Waals surface area contributed by atoms with E-state index in [4.69, 9.17) is 17.3 Å². The molecule has 0 saturated carbocycles. The summed E-state index contributed by atoms with van der Waals surface area (Å²) in [5, 5.41) is 1.38. The summed E-state index contributed by atoms with van der Waals surface area (Å²) in [4.78, 5) is 20.3. The molecule has 0 fully saturated rings. The Hall–Kier alpha value is -3.11. The van der Waals surface area contributed by atoms with E-state index in [1.165, 1.54) is 0 Å². The van der Waals surface area contributed by atoms with Crippen molar-refractivity contribution in [2.24, 2.45) is 0 Å². The molecule has 0 saturated heterocycles. The second-order valence-corrected chi connectivity index (χ2v) is 6.22. The number of anilines is 1. The monoisotopic (exact) mass is 347 g/mol. The van der Waals surface area contributed by atoms with E-state index in [-0.39, 0.29) is 5.78 Å². The van der Waals surface area contributed by atoms with Crippen molar-refractivity contribution in [2.75, 3.05) is 5.73 Å². The van der Waals surface area contributed by atoms with Crippen molar-refractivity contribution in [1.29, 1.82) is 0 Å². The lowest BCUT2D eigenvalue weighted by Gasteiger charge is -2.04. The summed E-state index contributed by atoms with van der Waals surface area (Å²) >= 11 is 5.90. The highest BCUT2D eigenvalue weighted by atomic mass is 35.5. The topological polar surface area (TPSA) is 71.8 Å². The predicted octanol–water partition coefficient (Wildman–Crippen LogP) is 4.70. The number of fused-ring (bicyclic) bond motifs is 1. The van der Waals surface area contributed by atoms with E-state index in [2.05, 4.69) is 9.97 Å². The quantitative estimate of drug-likeness (QED) is 0.417. The zero-order valence-electron chi connectivity index (χ0n) is 13.2. The highest BCUT2D eigenvalue weighted by Crippen LogP contribution is 2.27. The fourth-order valence-corrected chi connectivity index (χ4v) is 2.95. The van der Waals surface area contributed by atoms with Crippen LogP contribution in [-0.4, -0.2) is 15.8 Å². The second kappa shape index (κ2) is 6.07. The van der Waals surface area contributed by atoms with Gasteiger partial charge in [-0.1, -0.05) is 23.7 Å². The third-order valence-electron chi connectivity index (χ3n) is 4.10. The van der Waals surface area contributed by atoms with Crippen LogP contribution in [0.5, 0.6) is 0 Å². The minimum atomic E-state index is -0.0746. The Bertz CT molecular complexity index is 1080. The largest absolute Gasteiger partial charge is 0.399 e. The van der Waals surface area contributed by atoms with Gasteiger partial charge in [0.25, 0.3) is 0 Å². The molecule has 0 aliphatic heterocycles. The standard InChI is InChI=1S/C20H14ClN3O/c21-15-6-4-12(5-7-15)19(25)18-11-24-20-17(18)9-14(10-23-20)13-2-1-3-16(22)8-13/h1-11H,22H2,(H,23,24). The molecule has 2 aromatic heterocycles. The first kappa shape index (κ1) is 15.4. The molecule has 0 bridgehead atoms. The number of aromatic nitrogens is 2. The highest BCUT2D eigenvalue weighted by Gasteiger charge is 2.15. The molecule has 25 heavy (non-hydrogen) atoms. The molecule has 4 rings (SSSR count). The molecule has 122 valence electrons. The molecule has 3 N–H and O–H groups in total. The van der Waals surface area contributed by atoms with Gasteiger partial charge < -0.3 is 10.7 Å². The lowest BCUT2D eigenvalue weighted by Crippen LogP contribution is -2.00. The Labute approximate surface area is 149 Å². The number of nitrogen functional groups attached to an aromatic ring is 1. The Morgan fingerprint density at radius 1 is 1.04 bits per heavy atom. The van der Waals surface area contributed by atoms with Crippen LogP contribution in [-0.2, 0) is 0 Å². The van der Waals surface area contributed by atoms with Crippen LogP contribution in [0.15, 0.2) is 67.0 Å². The number of aromatic amines is 1. The van der Waals surface area contributed by atoms with Crippen LogP contribution in [0, 0.1) is 0 Å². The minimum Gasteiger partial charge on any atom is -0.399 e. The number of ketones is 1. The van der Waals surface area contributed by atoms with Crippen LogP contribution < -0.4 is 5.73 Å². The number of carbonyl (C=O) groups is 1. The molecule has 0 amide bonds. The molecule has 0 unspecified atom stereocenters. The van der Waals surface area contributed by atoms with Gasteiger partial charge in [0.15, 0.2) is 5.78 Å². The fraction of sp³-hybridized carbons (Fsp3) is 0. The van der Waals surface area contributed by atoms with Gasteiger partial charge in [0, 0.05) is 45.2 Å². The van der Waals surface area contributed by atoms with E-state index in [1.54, 1.807) is 36.7 Å². The molecule has 0 aliphatic rings. The SMILES string of the molecule is Nc1cccc(-c2cnc3[nH]cc(C(=O)c4ccc(Cl)cc4)c3c2)c1. The average Bonchev–Trinajstić information content (AvgIpc) is 3.05. The molecular weight excluding hydrogens is 334 g/mol. The van der Waals surface area contributed by atoms with Gasteiger partial charge in [-0.25, -0.2) is 4.98 Å². The van der Waals surface area contributed by atoms with Crippen LogP contribution >= 0.6 is 11.6 Å². The molecular formula is C20H14ClN3O. The van der Waals surface area contributed by atoms with Crippen LogP contribution in [0.25, 0.3) is 22.2 Å². The van der Waals surface area contributed by atoms with Gasteiger partial charge in [-0.05, 0) is 48.0 Å². The molecule has 0 aliphatic carbocycles. The number of nitrogens with two attached hydrogens (primary N) is 1. The molecule has 2 heterocycles. The van der Waals surface area contributed by atoms with E-state index in [0.717, 1.165) is 16.5 Å². The summed E-state index contributed by atoms with van der Waals surface area (Å²) in [5.74, 6) is -0.0746. The Morgan fingerprint density at radius 2 is 1.84 bits per heavy atom. The van der Waals surface area contributed by atoms with E-state index >= 15 is 0 Å². The third kappa shape index (κ3) is 2.88. The molecule has 4 aromatic rings. The number of H-pyrrole nitrogens is 1. The van der Waals surface area contributed by atoms with Crippen molar-refractivity contribution in [2.45, 2.75) is 0 Å². The summed E-state index contributed by atoms with van der Waals surface area (Å²) < 4.78 is 0. The van der Waals surface area contributed by atoms with Crippen molar-refractivity contribution in [3.63, 3.8) is 0 Å². The van der Waals surface area contributed by atoms with E-state index in [0.29, 0.717) is 27.5 Å². The van der Waals surface area contributed by atoms with Gasteiger partial charge in [-0.2, -0.15) is 0 Å². The third-order valence-corrected chi connectivity index (χ3v) is 4.35. The maximum absolute atomic E-state index is 12.8. The van der Waals surface area contributed by atoms with E-state index < -0.39 is 0 Å². The van der Waals surface area contributed by atoms with Gasteiger partial charge >= 0.3 is 0 Å².